The molecular weight excluding hydrogens is 416 g/mol. The summed E-state index contributed by atoms with van der Waals surface area (Å²) in [5.74, 6) is -0.543. The minimum absolute atomic E-state index is 0.270. The van der Waals surface area contributed by atoms with Gasteiger partial charge in [0, 0.05) is 23.7 Å². The molecule has 2 heterocycles. The lowest BCUT2D eigenvalue weighted by Crippen LogP contribution is -2.32. The Balaban J connectivity index is 1.49. The van der Waals surface area contributed by atoms with Gasteiger partial charge in [0.15, 0.2) is 0 Å². The second kappa shape index (κ2) is 9.05. The summed E-state index contributed by atoms with van der Waals surface area (Å²) in [5, 5.41) is 0. The molecule has 1 saturated heterocycles. The molecule has 0 bridgehead atoms. The third-order valence-corrected chi connectivity index (χ3v) is 6.99. The lowest BCUT2D eigenvalue weighted by molar-refractivity contribution is -0.119. The van der Waals surface area contributed by atoms with Crippen molar-refractivity contribution in [2.75, 3.05) is 22.9 Å². The van der Waals surface area contributed by atoms with Gasteiger partial charge in [-0.05, 0) is 61.2 Å². The molecule has 32 heavy (non-hydrogen) atoms. The van der Waals surface area contributed by atoms with Crippen LogP contribution >= 0.6 is 11.8 Å². The fraction of sp³-hybridized carbons (Fsp3) is 0.185. The van der Waals surface area contributed by atoms with E-state index in [1.54, 1.807) is 0 Å². The Morgan fingerprint density at radius 3 is 1.88 bits per heavy atom. The quantitative estimate of drug-likeness (QED) is 0.474. The van der Waals surface area contributed by atoms with Crippen LogP contribution in [0.1, 0.15) is 24.8 Å². The highest BCUT2D eigenvalue weighted by Crippen LogP contribution is 2.41. The highest BCUT2D eigenvalue weighted by Gasteiger charge is 2.40. The lowest BCUT2D eigenvalue weighted by atomic mass is 10.1. The van der Waals surface area contributed by atoms with Crippen LogP contribution in [0.25, 0.3) is 5.57 Å². The van der Waals surface area contributed by atoms with Crippen LogP contribution in [0.15, 0.2) is 94.7 Å². The summed E-state index contributed by atoms with van der Waals surface area (Å²) in [6.07, 6.45) is 3.69. The molecule has 2 aliphatic heterocycles. The molecule has 160 valence electrons. The molecule has 0 saturated carbocycles. The normalized spacial score (nSPS) is 16.8. The third-order valence-electron chi connectivity index (χ3n) is 5.90. The van der Waals surface area contributed by atoms with Crippen LogP contribution in [0.4, 0.5) is 11.4 Å². The SMILES string of the molecule is O=C1C(Sc2ccccc2)=C(c2ccccc2)C(=O)N1c1ccc(N2CCCCC2)cc1. The molecule has 0 N–H and O–H groups in total. The maximum Gasteiger partial charge on any atom is 0.272 e. The number of nitrogens with zero attached hydrogens (tertiary/aromatic N) is 2. The van der Waals surface area contributed by atoms with Crippen molar-refractivity contribution in [2.45, 2.75) is 24.2 Å². The van der Waals surface area contributed by atoms with Gasteiger partial charge in [0.25, 0.3) is 11.8 Å². The van der Waals surface area contributed by atoms with Crippen molar-refractivity contribution >= 4 is 40.5 Å². The van der Waals surface area contributed by atoms with Crippen molar-refractivity contribution in [3.63, 3.8) is 0 Å². The molecule has 3 aromatic carbocycles. The van der Waals surface area contributed by atoms with Crippen molar-refractivity contribution in [2.24, 2.45) is 0 Å². The van der Waals surface area contributed by atoms with E-state index in [0.29, 0.717) is 16.2 Å². The molecule has 0 radical (unpaired) electrons. The van der Waals surface area contributed by atoms with E-state index in [-0.39, 0.29) is 11.8 Å². The third kappa shape index (κ3) is 3.96. The molecule has 2 amide bonds. The van der Waals surface area contributed by atoms with Crippen molar-refractivity contribution in [1.29, 1.82) is 0 Å². The standard InChI is InChI=1S/C27H24N2O2S/c30-26-24(20-10-4-1-5-11-20)25(32-23-12-6-2-7-13-23)27(31)29(26)22-16-14-21(15-17-22)28-18-8-3-9-19-28/h1-2,4-7,10-17H,3,8-9,18-19H2. The number of carbonyl (C=O) groups is 2. The van der Waals surface area contributed by atoms with E-state index in [1.165, 1.54) is 35.9 Å². The zero-order valence-electron chi connectivity index (χ0n) is 17.7. The van der Waals surface area contributed by atoms with Crippen LogP contribution in [0, 0.1) is 0 Å². The van der Waals surface area contributed by atoms with Crippen LogP contribution in [0.5, 0.6) is 0 Å². The Hall–Kier alpha value is -3.31. The molecule has 2 aliphatic rings. The molecule has 5 rings (SSSR count). The summed E-state index contributed by atoms with van der Waals surface area (Å²) in [6, 6.07) is 27.0. The molecule has 0 unspecified atom stereocenters. The predicted molar refractivity (Wildman–Crippen MR) is 131 cm³/mol. The van der Waals surface area contributed by atoms with E-state index in [0.717, 1.165) is 29.2 Å². The number of hydrogen-bond donors (Lipinski definition) is 0. The fourth-order valence-corrected chi connectivity index (χ4v) is 5.28. The van der Waals surface area contributed by atoms with Gasteiger partial charge in [-0.2, -0.15) is 0 Å². The molecule has 0 atom stereocenters. The first-order chi connectivity index (χ1) is 15.7. The largest absolute Gasteiger partial charge is 0.372 e. The van der Waals surface area contributed by atoms with E-state index in [9.17, 15) is 9.59 Å². The lowest BCUT2D eigenvalue weighted by Gasteiger charge is -2.29. The van der Waals surface area contributed by atoms with E-state index in [4.69, 9.17) is 0 Å². The van der Waals surface area contributed by atoms with Crippen molar-refractivity contribution in [3.8, 4) is 0 Å². The number of piperidine rings is 1. The number of amides is 2. The van der Waals surface area contributed by atoms with Crippen LogP contribution in [-0.2, 0) is 9.59 Å². The Morgan fingerprint density at radius 2 is 1.22 bits per heavy atom. The summed E-state index contributed by atoms with van der Waals surface area (Å²) in [4.78, 5) is 32.1. The Morgan fingerprint density at radius 1 is 0.625 bits per heavy atom. The minimum atomic E-state index is -0.273. The van der Waals surface area contributed by atoms with Crippen molar-refractivity contribution in [3.05, 3.63) is 95.4 Å². The fourth-order valence-electron chi connectivity index (χ4n) is 4.27. The van der Waals surface area contributed by atoms with Gasteiger partial charge in [0.2, 0.25) is 0 Å². The first-order valence-corrected chi connectivity index (χ1v) is 11.8. The summed E-state index contributed by atoms with van der Waals surface area (Å²) < 4.78 is 0. The van der Waals surface area contributed by atoms with Crippen LogP contribution in [-0.4, -0.2) is 24.9 Å². The highest BCUT2D eigenvalue weighted by molar-refractivity contribution is 8.04. The van der Waals surface area contributed by atoms with E-state index in [2.05, 4.69) is 4.90 Å². The number of imide groups is 1. The molecular formula is C27H24N2O2S. The Bertz CT molecular complexity index is 1150. The molecule has 0 spiro atoms. The zero-order valence-corrected chi connectivity index (χ0v) is 18.6. The van der Waals surface area contributed by atoms with Gasteiger partial charge in [0.05, 0.1) is 16.2 Å². The van der Waals surface area contributed by atoms with Crippen LogP contribution in [0.2, 0.25) is 0 Å². The molecule has 0 aliphatic carbocycles. The van der Waals surface area contributed by atoms with Gasteiger partial charge in [-0.15, -0.1) is 0 Å². The number of anilines is 2. The second-order valence-electron chi connectivity index (χ2n) is 8.00. The first-order valence-electron chi connectivity index (χ1n) is 11.0. The Kier molecular flexibility index (Phi) is 5.82. The highest BCUT2D eigenvalue weighted by atomic mass is 32.2. The summed E-state index contributed by atoms with van der Waals surface area (Å²) in [7, 11) is 0. The van der Waals surface area contributed by atoms with Gasteiger partial charge in [-0.3, -0.25) is 9.59 Å². The summed E-state index contributed by atoms with van der Waals surface area (Å²) >= 11 is 1.35. The van der Waals surface area contributed by atoms with Crippen LogP contribution in [0.3, 0.4) is 0 Å². The van der Waals surface area contributed by atoms with Crippen molar-refractivity contribution in [1.82, 2.24) is 0 Å². The van der Waals surface area contributed by atoms with E-state index in [1.807, 2.05) is 84.9 Å². The first kappa shape index (κ1) is 20.6. The topological polar surface area (TPSA) is 40.6 Å². The van der Waals surface area contributed by atoms with E-state index < -0.39 is 0 Å². The zero-order chi connectivity index (χ0) is 21.9. The molecule has 0 aromatic heterocycles. The Labute approximate surface area is 192 Å². The number of benzene rings is 3. The summed E-state index contributed by atoms with van der Waals surface area (Å²) in [6.45, 7) is 2.11. The molecule has 3 aromatic rings. The molecule has 1 fully saturated rings. The smallest absolute Gasteiger partial charge is 0.272 e. The number of carbonyl (C=O) groups excluding carboxylic acids is 2. The van der Waals surface area contributed by atoms with Crippen molar-refractivity contribution < 1.29 is 9.59 Å². The maximum atomic E-state index is 13.5. The monoisotopic (exact) mass is 440 g/mol. The van der Waals surface area contributed by atoms with E-state index >= 15 is 0 Å². The second-order valence-corrected chi connectivity index (χ2v) is 9.08. The summed E-state index contributed by atoms with van der Waals surface area (Å²) in [5.41, 5.74) is 2.97. The van der Waals surface area contributed by atoms with Crippen LogP contribution < -0.4 is 9.80 Å². The van der Waals surface area contributed by atoms with Gasteiger partial charge < -0.3 is 4.90 Å². The predicted octanol–water partition coefficient (Wildman–Crippen LogP) is 5.75. The van der Waals surface area contributed by atoms with Gasteiger partial charge in [0.1, 0.15) is 0 Å². The molecule has 4 nitrogen and oxygen atoms in total. The number of rotatable bonds is 5. The molecule has 5 heteroatoms. The van der Waals surface area contributed by atoms with Gasteiger partial charge >= 0.3 is 0 Å². The number of thioether (sulfide) groups is 1. The maximum absolute atomic E-state index is 13.5. The average Bonchev–Trinajstić information content (AvgIpc) is 3.10. The van der Waals surface area contributed by atoms with Gasteiger partial charge in [-0.1, -0.05) is 60.3 Å². The number of hydrogen-bond acceptors (Lipinski definition) is 4. The minimum Gasteiger partial charge on any atom is -0.372 e. The van der Waals surface area contributed by atoms with Gasteiger partial charge in [-0.25, -0.2) is 4.90 Å². The average molecular weight is 441 g/mol.